The van der Waals surface area contributed by atoms with E-state index in [2.05, 4.69) is 5.32 Å². The highest BCUT2D eigenvalue weighted by atomic mass is 16.5. The Hall–Kier alpha value is -2.29. The number of fused-ring (bicyclic) bond motifs is 1. The van der Waals surface area contributed by atoms with Crippen molar-refractivity contribution in [2.75, 3.05) is 11.9 Å². The normalized spacial score (nSPS) is 16.9. The summed E-state index contributed by atoms with van der Waals surface area (Å²) in [6.07, 6.45) is 0.730. The van der Waals surface area contributed by atoms with Crippen LogP contribution in [0.25, 0.3) is 0 Å². The van der Waals surface area contributed by atoms with Crippen LogP contribution < -0.4 is 10.1 Å². The van der Waals surface area contributed by atoms with Crippen molar-refractivity contribution in [3.63, 3.8) is 0 Å². The predicted octanol–water partition coefficient (Wildman–Crippen LogP) is 3.18. The summed E-state index contributed by atoms with van der Waals surface area (Å²) in [6, 6.07) is 15.7. The SMILES string of the molecule is Cc1ccccc1NC(=O)[C@@H]1COc2ccccc2C1. The van der Waals surface area contributed by atoms with Crippen LogP contribution in [0.1, 0.15) is 11.1 Å². The fourth-order valence-corrected chi connectivity index (χ4v) is 2.44. The number of rotatable bonds is 2. The van der Waals surface area contributed by atoms with Gasteiger partial charge >= 0.3 is 0 Å². The van der Waals surface area contributed by atoms with Crippen LogP contribution in [0, 0.1) is 12.8 Å². The zero-order chi connectivity index (χ0) is 13.9. The molecule has 1 atom stereocenters. The van der Waals surface area contributed by atoms with Gasteiger partial charge in [-0.2, -0.15) is 0 Å². The molecular weight excluding hydrogens is 250 g/mol. The first-order chi connectivity index (χ1) is 9.74. The summed E-state index contributed by atoms with van der Waals surface area (Å²) < 4.78 is 5.66. The molecule has 1 N–H and O–H groups in total. The molecule has 0 radical (unpaired) electrons. The van der Waals surface area contributed by atoms with Crippen molar-refractivity contribution in [2.45, 2.75) is 13.3 Å². The van der Waals surface area contributed by atoms with E-state index < -0.39 is 0 Å². The first kappa shape index (κ1) is 12.7. The van der Waals surface area contributed by atoms with Gasteiger partial charge in [-0.15, -0.1) is 0 Å². The minimum absolute atomic E-state index is 0.0220. The maximum absolute atomic E-state index is 12.3. The molecule has 0 saturated carbocycles. The van der Waals surface area contributed by atoms with Crippen LogP contribution in [-0.2, 0) is 11.2 Å². The first-order valence-corrected chi connectivity index (χ1v) is 6.81. The van der Waals surface area contributed by atoms with Crippen LogP contribution in [0.3, 0.4) is 0 Å². The lowest BCUT2D eigenvalue weighted by molar-refractivity contribution is -0.121. The maximum Gasteiger partial charge on any atom is 0.231 e. The number of aryl methyl sites for hydroxylation is 1. The minimum Gasteiger partial charge on any atom is -0.492 e. The zero-order valence-electron chi connectivity index (χ0n) is 11.4. The molecule has 0 fully saturated rings. The van der Waals surface area contributed by atoms with Crippen LogP contribution >= 0.6 is 0 Å². The van der Waals surface area contributed by atoms with Crippen LogP contribution in [0.5, 0.6) is 5.75 Å². The molecule has 0 spiro atoms. The van der Waals surface area contributed by atoms with Gasteiger partial charge in [0.15, 0.2) is 0 Å². The summed E-state index contributed by atoms with van der Waals surface area (Å²) in [5.41, 5.74) is 3.04. The Bertz CT molecular complexity index is 636. The molecule has 0 unspecified atom stereocenters. The molecule has 0 aliphatic carbocycles. The maximum atomic E-state index is 12.3. The third-order valence-electron chi connectivity index (χ3n) is 3.65. The number of carbonyl (C=O) groups is 1. The van der Waals surface area contributed by atoms with Crippen molar-refractivity contribution in [2.24, 2.45) is 5.92 Å². The molecule has 1 aliphatic rings. The van der Waals surface area contributed by atoms with Crippen LogP contribution in [0.2, 0.25) is 0 Å². The Balaban J connectivity index is 1.72. The van der Waals surface area contributed by atoms with E-state index in [0.29, 0.717) is 6.61 Å². The lowest BCUT2D eigenvalue weighted by Gasteiger charge is -2.24. The smallest absolute Gasteiger partial charge is 0.231 e. The first-order valence-electron chi connectivity index (χ1n) is 6.81. The molecule has 1 aliphatic heterocycles. The number of nitrogens with one attached hydrogen (secondary N) is 1. The van der Waals surface area contributed by atoms with Crippen molar-refractivity contribution >= 4 is 11.6 Å². The lowest BCUT2D eigenvalue weighted by Crippen LogP contribution is -2.32. The second kappa shape index (κ2) is 5.37. The summed E-state index contributed by atoms with van der Waals surface area (Å²) in [5.74, 6) is 0.783. The molecule has 1 heterocycles. The van der Waals surface area contributed by atoms with Gasteiger partial charge in [0.05, 0.1) is 5.92 Å². The lowest BCUT2D eigenvalue weighted by atomic mass is 9.96. The average molecular weight is 267 g/mol. The van der Waals surface area contributed by atoms with Crippen molar-refractivity contribution in [3.8, 4) is 5.75 Å². The highest BCUT2D eigenvalue weighted by Gasteiger charge is 2.25. The quantitative estimate of drug-likeness (QED) is 0.907. The van der Waals surface area contributed by atoms with E-state index in [1.165, 1.54) is 0 Å². The molecule has 3 heteroatoms. The predicted molar refractivity (Wildman–Crippen MR) is 78.9 cm³/mol. The zero-order valence-corrected chi connectivity index (χ0v) is 11.4. The van der Waals surface area contributed by atoms with Gasteiger partial charge in [0.1, 0.15) is 12.4 Å². The second-order valence-corrected chi connectivity index (χ2v) is 5.12. The molecule has 2 aromatic carbocycles. The van der Waals surface area contributed by atoms with Gasteiger partial charge in [-0.3, -0.25) is 4.79 Å². The fraction of sp³-hybridized carbons (Fsp3) is 0.235. The minimum atomic E-state index is -0.135. The van der Waals surface area contributed by atoms with E-state index in [-0.39, 0.29) is 11.8 Å². The van der Waals surface area contributed by atoms with Gasteiger partial charge in [-0.1, -0.05) is 36.4 Å². The van der Waals surface area contributed by atoms with E-state index in [9.17, 15) is 4.79 Å². The van der Waals surface area contributed by atoms with Crippen LogP contribution in [0.4, 0.5) is 5.69 Å². The highest BCUT2D eigenvalue weighted by molar-refractivity contribution is 5.93. The Labute approximate surface area is 118 Å². The third-order valence-corrected chi connectivity index (χ3v) is 3.65. The number of hydrogen-bond acceptors (Lipinski definition) is 2. The van der Waals surface area contributed by atoms with E-state index in [0.717, 1.165) is 29.0 Å². The summed E-state index contributed by atoms with van der Waals surface area (Å²) >= 11 is 0. The number of amides is 1. The average Bonchev–Trinajstić information content (AvgIpc) is 2.49. The van der Waals surface area contributed by atoms with Gasteiger partial charge in [-0.25, -0.2) is 0 Å². The number of anilines is 1. The third kappa shape index (κ3) is 2.52. The monoisotopic (exact) mass is 267 g/mol. The largest absolute Gasteiger partial charge is 0.492 e. The number of benzene rings is 2. The molecule has 3 nitrogen and oxygen atoms in total. The molecule has 20 heavy (non-hydrogen) atoms. The molecular formula is C17H17NO2. The molecule has 2 aromatic rings. The Kier molecular flexibility index (Phi) is 3.42. The van der Waals surface area contributed by atoms with E-state index in [1.807, 2.05) is 55.5 Å². The van der Waals surface area contributed by atoms with E-state index in [4.69, 9.17) is 4.74 Å². The molecule has 0 aromatic heterocycles. The summed E-state index contributed by atoms with van der Waals surface area (Å²) in [5, 5.41) is 2.99. The second-order valence-electron chi connectivity index (χ2n) is 5.12. The standard InChI is InChI=1S/C17H17NO2/c1-12-6-2-4-8-15(12)18-17(19)14-10-13-7-3-5-9-16(13)20-11-14/h2-9,14H,10-11H2,1H3,(H,18,19)/t14-/m0/s1. The van der Waals surface area contributed by atoms with Crippen molar-refractivity contribution in [1.82, 2.24) is 0 Å². The highest BCUT2D eigenvalue weighted by Crippen LogP contribution is 2.27. The Morgan fingerprint density at radius 1 is 1.15 bits per heavy atom. The van der Waals surface area contributed by atoms with Crippen molar-refractivity contribution in [1.29, 1.82) is 0 Å². The number of para-hydroxylation sites is 2. The number of hydrogen-bond donors (Lipinski definition) is 1. The van der Waals surface area contributed by atoms with Gasteiger partial charge in [0.2, 0.25) is 5.91 Å². The molecule has 102 valence electrons. The number of carbonyl (C=O) groups excluding carboxylic acids is 1. The Morgan fingerprint density at radius 2 is 1.90 bits per heavy atom. The molecule has 0 bridgehead atoms. The van der Waals surface area contributed by atoms with Gasteiger partial charge in [-0.05, 0) is 36.6 Å². The molecule has 1 amide bonds. The molecule has 3 rings (SSSR count). The van der Waals surface area contributed by atoms with Gasteiger partial charge in [0, 0.05) is 5.69 Å². The Morgan fingerprint density at radius 3 is 2.75 bits per heavy atom. The fourth-order valence-electron chi connectivity index (χ4n) is 2.44. The van der Waals surface area contributed by atoms with E-state index in [1.54, 1.807) is 0 Å². The van der Waals surface area contributed by atoms with Crippen LogP contribution in [-0.4, -0.2) is 12.5 Å². The summed E-state index contributed by atoms with van der Waals surface area (Å²) in [4.78, 5) is 12.3. The van der Waals surface area contributed by atoms with Gasteiger partial charge < -0.3 is 10.1 Å². The molecule has 0 saturated heterocycles. The number of ether oxygens (including phenoxy) is 1. The van der Waals surface area contributed by atoms with E-state index >= 15 is 0 Å². The van der Waals surface area contributed by atoms with Crippen molar-refractivity contribution in [3.05, 3.63) is 59.7 Å². The van der Waals surface area contributed by atoms with Crippen molar-refractivity contribution < 1.29 is 9.53 Å². The summed E-state index contributed by atoms with van der Waals surface area (Å²) in [6.45, 7) is 2.43. The van der Waals surface area contributed by atoms with Gasteiger partial charge in [0.25, 0.3) is 0 Å². The summed E-state index contributed by atoms with van der Waals surface area (Å²) in [7, 11) is 0. The topological polar surface area (TPSA) is 38.3 Å². The van der Waals surface area contributed by atoms with Crippen LogP contribution in [0.15, 0.2) is 48.5 Å².